The summed E-state index contributed by atoms with van der Waals surface area (Å²) in [6, 6.07) is 10.8. The Hall–Kier alpha value is -3.04. The topological polar surface area (TPSA) is 105 Å². The second-order valence-electron chi connectivity index (χ2n) is 9.71. The standard InChI is InChI=1S/C28H28Cl2N4O4/c1-16-13-32-18(14-31-16)15-38-33-27(36)25-19-6-2-3-7-20(19)28(37)34(23-8-4-5-9-24(23)35)26(25)21-11-10-17(29)12-22(21)30/h2-3,6-7,10-14,23-26,35H,4-5,8-9,15H2,1H3,(H,33,36)/t23-,24-,25+,26-/m0/s1. The van der Waals surface area contributed by atoms with Crippen molar-refractivity contribution < 1.29 is 19.5 Å². The third-order valence-electron chi connectivity index (χ3n) is 7.22. The summed E-state index contributed by atoms with van der Waals surface area (Å²) in [7, 11) is 0. The molecule has 0 saturated heterocycles. The van der Waals surface area contributed by atoms with Crippen LogP contribution in [0.2, 0.25) is 10.0 Å². The molecule has 5 rings (SSSR count). The van der Waals surface area contributed by atoms with Crippen LogP contribution in [0.15, 0.2) is 54.9 Å². The zero-order chi connectivity index (χ0) is 26.8. The highest BCUT2D eigenvalue weighted by molar-refractivity contribution is 6.35. The summed E-state index contributed by atoms with van der Waals surface area (Å²) >= 11 is 12.9. The predicted octanol–water partition coefficient (Wildman–Crippen LogP) is 4.92. The van der Waals surface area contributed by atoms with Crippen molar-refractivity contribution >= 4 is 35.0 Å². The quantitative estimate of drug-likeness (QED) is 0.419. The van der Waals surface area contributed by atoms with Crippen molar-refractivity contribution in [3.8, 4) is 0 Å². The average Bonchev–Trinajstić information content (AvgIpc) is 2.90. The number of aromatic nitrogens is 2. The van der Waals surface area contributed by atoms with Gasteiger partial charge in [0.25, 0.3) is 11.8 Å². The smallest absolute Gasteiger partial charge is 0.255 e. The first-order chi connectivity index (χ1) is 18.3. The Morgan fingerprint density at radius 2 is 1.89 bits per heavy atom. The number of halogens is 2. The number of nitrogens with one attached hydrogen (secondary N) is 1. The lowest BCUT2D eigenvalue weighted by molar-refractivity contribution is -0.138. The van der Waals surface area contributed by atoms with Gasteiger partial charge < -0.3 is 10.0 Å². The molecule has 1 aromatic heterocycles. The molecule has 2 aliphatic rings. The van der Waals surface area contributed by atoms with Crippen LogP contribution in [-0.2, 0) is 16.2 Å². The molecule has 1 fully saturated rings. The molecule has 0 spiro atoms. The van der Waals surface area contributed by atoms with Crippen molar-refractivity contribution in [1.29, 1.82) is 0 Å². The summed E-state index contributed by atoms with van der Waals surface area (Å²) in [6.45, 7) is 1.85. The fourth-order valence-electron chi connectivity index (χ4n) is 5.43. The number of carbonyl (C=O) groups excluding carboxylic acids is 2. The van der Waals surface area contributed by atoms with E-state index in [2.05, 4.69) is 15.4 Å². The second kappa shape index (κ2) is 11.4. The number of hydroxylamine groups is 1. The molecule has 2 amide bonds. The van der Waals surface area contributed by atoms with E-state index in [4.69, 9.17) is 28.0 Å². The molecule has 1 aliphatic heterocycles. The Labute approximate surface area is 230 Å². The highest BCUT2D eigenvalue weighted by Gasteiger charge is 2.49. The van der Waals surface area contributed by atoms with E-state index in [1.165, 1.54) is 0 Å². The minimum atomic E-state index is -0.860. The van der Waals surface area contributed by atoms with E-state index in [1.54, 1.807) is 59.8 Å². The number of fused-ring (bicyclic) bond motifs is 1. The molecule has 8 nitrogen and oxygen atoms in total. The third kappa shape index (κ3) is 5.27. The Balaban J connectivity index is 1.55. The minimum absolute atomic E-state index is 0.0176. The van der Waals surface area contributed by atoms with Crippen LogP contribution in [0.5, 0.6) is 0 Å². The molecule has 2 N–H and O–H groups in total. The van der Waals surface area contributed by atoms with E-state index < -0.39 is 30.0 Å². The van der Waals surface area contributed by atoms with E-state index in [9.17, 15) is 14.7 Å². The van der Waals surface area contributed by atoms with Crippen LogP contribution in [0.4, 0.5) is 0 Å². The normalized spacial score (nSPS) is 23.2. The van der Waals surface area contributed by atoms with Gasteiger partial charge in [-0.2, -0.15) is 0 Å². The van der Waals surface area contributed by atoms with Crippen molar-refractivity contribution in [1.82, 2.24) is 20.3 Å². The van der Waals surface area contributed by atoms with Gasteiger partial charge in [0.2, 0.25) is 0 Å². The maximum Gasteiger partial charge on any atom is 0.255 e. The van der Waals surface area contributed by atoms with Gasteiger partial charge in [0.15, 0.2) is 0 Å². The average molecular weight is 555 g/mol. The first-order valence-corrected chi connectivity index (χ1v) is 13.3. The summed E-state index contributed by atoms with van der Waals surface area (Å²) < 4.78 is 0. The largest absolute Gasteiger partial charge is 0.391 e. The molecule has 4 atom stereocenters. The summed E-state index contributed by atoms with van der Waals surface area (Å²) in [5.41, 5.74) is 5.43. The first-order valence-electron chi connectivity index (χ1n) is 12.6. The summed E-state index contributed by atoms with van der Waals surface area (Å²) in [6.07, 6.45) is 5.43. The van der Waals surface area contributed by atoms with Gasteiger partial charge in [-0.25, -0.2) is 5.48 Å². The first kappa shape index (κ1) is 26.6. The number of amides is 2. The number of hydrogen-bond acceptors (Lipinski definition) is 6. The number of benzene rings is 2. The molecule has 38 heavy (non-hydrogen) atoms. The zero-order valence-electron chi connectivity index (χ0n) is 20.8. The van der Waals surface area contributed by atoms with Crippen LogP contribution >= 0.6 is 23.2 Å². The van der Waals surface area contributed by atoms with Gasteiger partial charge in [-0.1, -0.05) is 60.3 Å². The molecule has 10 heteroatoms. The summed E-state index contributed by atoms with van der Waals surface area (Å²) in [4.78, 5) is 43.5. The van der Waals surface area contributed by atoms with E-state index in [0.29, 0.717) is 45.3 Å². The molecule has 0 bridgehead atoms. The number of rotatable bonds is 6. The molecular formula is C28H28Cl2N4O4. The molecule has 3 aromatic rings. The van der Waals surface area contributed by atoms with Crippen LogP contribution in [0.25, 0.3) is 0 Å². The summed E-state index contributed by atoms with van der Waals surface area (Å²) in [5, 5.41) is 11.8. The second-order valence-corrected chi connectivity index (χ2v) is 10.6. The van der Waals surface area contributed by atoms with Gasteiger partial charge in [-0.15, -0.1) is 0 Å². The Morgan fingerprint density at radius 1 is 1.11 bits per heavy atom. The number of hydrogen-bond donors (Lipinski definition) is 2. The van der Waals surface area contributed by atoms with Crippen LogP contribution < -0.4 is 5.48 Å². The number of nitrogens with zero attached hydrogens (tertiary/aromatic N) is 3. The van der Waals surface area contributed by atoms with Crippen molar-refractivity contribution in [3.05, 3.63) is 93.0 Å². The van der Waals surface area contributed by atoms with Gasteiger partial charge in [-0.05, 0) is 49.1 Å². The van der Waals surface area contributed by atoms with Crippen molar-refractivity contribution in [2.45, 2.75) is 63.3 Å². The number of aryl methyl sites for hydroxylation is 1. The van der Waals surface area contributed by atoms with Crippen LogP contribution in [0.3, 0.4) is 0 Å². The Morgan fingerprint density at radius 3 is 2.63 bits per heavy atom. The van der Waals surface area contributed by atoms with E-state index in [0.717, 1.165) is 18.5 Å². The van der Waals surface area contributed by atoms with E-state index in [1.807, 2.05) is 6.92 Å². The van der Waals surface area contributed by atoms with Crippen LogP contribution in [0.1, 0.15) is 70.5 Å². The van der Waals surface area contributed by atoms with Crippen LogP contribution in [-0.4, -0.2) is 43.9 Å². The molecule has 0 unspecified atom stereocenters. The Kier molecular flexibility index (Phi) is 7.95. The lowest BCUT2D eigenvalue weighted by Crippen LogP contribution is -2.55. The highest BCUT2D eigenvalue weighted by Crippen LogP contribution is 2.47. The lowest BCUT2D eigenvalue weighted by atomic mass is 9.77. The SMILES string of the molecule is Cc1cnc(CONC(=O)[C@@H]2c3ccccc3C(=O)N([C@H]3CCCC[C@@H]3O)[C@H]2c2ccc(Cl)cc2Cl)cn1. The Bertz CT molecular complexity index is 1340. The van der Waals surface area contributed by atoms with Crippen LogP contribution in [0, 0.1) is 6.92 Å². The third-order valence-corrected chi connectivity index (χ3v) is 7.78. The van der Waals surface area contributed by atoms with Gasteiger partial charge in [-0.3, -0.25) is 24.4 Å². The van der Waals surface area contributed by atoms with Crippen molar-refractivity contribution in [2.24, 2.45) is 0 Å². The fraction of sp³-hybridized carbons (Fsp3) is 0.357. The minimum Gasteiger partial charge on any atom is -0.391 e. The highest BCUT2D eigenvalue weighted by atomic mass is 35.5. The molecule has 1 saturated carbocycles. The fourth-order valence-corrected chi connectivity index (χ4v) is 5.95. The molecule has 2 heterocycles. The molecule has 198 valence electrons. The molecule has 2 aromatic carbocycles. The van der Waals surface area contributed by atoms with E-state index >= 15 is 0 Å². The maximum atomic E-state index is 14.0. The van der Waals surface area contributed by atoms with Crippen molar-refractivity contribution in [2.75, 3.05) is 0 Å². The molecule has 1 aliphatic carbocycles. The number of carbonyl (C=O) groups is 2. The van der Waals surface area contributed by atoms with Gasteiger partial charge in [0.1, 0.15) is 6.61 Å². The maximum absolute atomic E-state index is 14.0. The number of aliphatic hydroxyl groups excluding tert-OH is 1. The van der Waals surface area contributed by atoms with Gasteiger partial charge >= 0.3 is 0 Å². The van der Waals surface area contributed by atoms with Crippen molar-refractivity contribution in [3.63, 3.8) is 0 Å². The van der Waals surface area contributed by atoms with Gasteiger partial charge in [0.05, 0.1) is 41.7 Å². The monoisotopic (exact) mass is 554 g/mol. The zero-order valence-corrected chi connectivity index (χ0v) is 22.3. The summed E-state index contributed by atoms with van der Waals surface area (Å²) in [5.74, 6) is -1.56. The van der Waals surface area contributed by atoms with E-state index in [-0.39, 0.29) is 12.5 Å². The lowest BCUT2D eigenvalue weighted by Gasteiger charge is -2.48. The molecular weight excluding hydrogens is 527 g/mol. The predicted molar refractivity (Wildman–Crippen MR) is 143 cm³/mol. The number of aliphatic hydroxyl groups is 1. The molecule has 0 radical (unpaired) electrons. The van der Waals surface area contributed by atoms with Gasteiger partial charge in [0, 0.05) is 21.8 Å².